The molecule has 4 N–H and O–H groups in total. The highest BCUT2D eigenvalue weighted by Crippen LogP contribution is 2.44. The molecule has 2 amide bonds. The quantitative estimate of drug-likeness (QED) is 0.121. The van der Waals surface area contributed by atoms with Gasteiger partial charge in [-0.3, -0.25) is 9.59 Å². The fraction of sp³-hybridized carbons (Fsp3) is 0.519. The van der Waals surface area contributed by atoms with E-state index in [1.165, 1.54) is 0 Å². The molecule has 0 radical (unpaired) electrons. The summed E-state index contributed by atoms with van der Waals surface area (Å²) in [6.07, 6.45) is 1.34. The highest BCUT2D eigenvalue weighted by Gasteiger charge is 2.29. The first-order chi connectivity index (χ1) is 29.9. The summed E-state index contributed by atoms with van der Waals surface area (Å²) in [5, 5.41) is 31.2. The number of benzene rings is 4. The molecule has 0 saturated heterocycles. The maximum atomic E-state index is 13.5. The first kappa shape index (κ1) is 49.2. The lowest BCUT2D eigenvalue weighted by Crippen LogP contribution is -2.31. The van der Waals surface area contributed by atoms with E-state index in [-0.39, 0.29) is 58.2 Å². The second kappa shape index (κ2) is 19.7. The summed E-state index contributed by atoms with van der Waals surface area (Å²) in [5.41, 5.74) is 9.69. The number of phenolic OH excluding ortho intramolecular Hbond substituents is 2. The van der Waals surface area contributed by atoms with E-state index in [4.69, 9.17) is 9.47 Å². The Morgan fingerprint density at radius 2 is 0.672 bits per heavy atom. The van der Waals surface area contributed by atoms with E-state index in [1.54, 1.807) is 23.5 Å². The van der Waals surface area contributed by atoms with Gasteiger partial charge in [-0.25, -0.2) is 0 Å². The van der Waals surface area contributed by atoms with Crippen molar-refractivity contribution in [2.45, 2.75) is 130 Å². The van der Waals surface area contributed by atoms with Crippen LogP contribution < -0.4 is 20.1 Å². The van der Waals surface area contributed by atoms with E-state index >= 15 is 0 Å². The molecule has 6 rings (SSSR count). The van der Waals surface area contributed by atoms with Gasteiger partial charge in [-0.05, 0) is 88.4 Å². The Hall–Kier alpha value is -4.28. The molecule has 346 valence electrons. The average Bonchev–Trinajstić information content (AvgIpc) is 3.18. The zero-order chi connectivity index (χ0) is 46.8. The van der Waals surface area contributed by atoms with Gasteiger partial charge in [0.15, 0.2) is 13.2 Å². The van der Waals surface area contributed by atoms with Crippen LogP contribution in [0, 0.1) is 0 Å². The van der Waals surface area contributed by atoms with Gasteiger partial charge < -0.3 is 30.3 Å². The molecule has 4 aromatic rings. The number of hydrogen-bond donors (Lipinski definition) is 4. The number of aromatic hydroxyl groups is 2. The number of carbonyl (C=O) groups is 2. The summed E-state index contributed by atoms with van der Waals surface area (Å²) >= 11 is 3.57. The normalized spacial score (nSPS) is 16.6. The summed E-state index contributed by atoms with van der Waals surface area (Å²) in [6, 6.07) is 17.1. The number of hydrogen-bond acceptors (Lipinski definition) is 8. The molecule has 64 heavy (non-hydrogen) atoms. The van der Waals surface area contributed by atoms with Crippen molar-refractivity contribution in [3.63, 3.8) is 0 Å². The molecule has 2 aliphatic rings. The molecule has 0 fully saturated rings. The lowest BCUT2D eigenvalue weighted by Gasteiger charge is -2.28. The number of amides is 2. The molecular weight excluding hydrogens is 837 g/mol. The van der Waals surface area contributed by atoms with Gasteiger partial charge in [0.2, 0.25) is 0 Å². The van der Waals surface area contributed by atoms with Crippen LogP contribution in [0.25, 0.3) is 0 Å². The Labute approximate surface area is 391 Å². The number of fused-ring (bicyclic) bond motifs is 2. The predicted octanol–water partition coefficient (Wildman–Crippen LogP) is 10.4. The van der Waals surface area contributed by atoms with Gasteiger partial charge in [-0.1, -0.05) is 132 Å². The van der Waals surface area contributed by atoms with E-state index in [9.17, 15) is 19.8 Å². The van der Waals surface area contributed by atoms with Crippen molar-refractivity contribution >= 4 is 35.3 Å². The van der Waals surface area contributed by atoms with Gasteiger partial charge in [0.1, 0.15) is 23.0 Å². The van der Waals surface area contributed by atoms with E-state index in [1.807, 2.05) is 0 Å². The lowest BCUT2D eigenvalue weighted by molar-refractivity contribution is -0.123. The third-order valence-electron chi connectivity index (χ3n) is 12.2. The van der Waals surface area contributed by atoms with Gasteiger partial charge >= 0.3 is 0 Å². The summed E-state index contributed by atoms with van der Waals surface area (Å²) in [4.78, 5) is 27.0. The Bertz CT molecular complexity index is 2100. The van der Waals surface area contributed by atoms with E-state index in [0.717, 1.165) is 89.8 Å². The van der Waals surface area contributed by atoms with Crippen LogP contribution in [0.15, 0.2) is 48.5 Å². The molecule has 0 saturated carbocycles. The molecule has 8 nitrogen and oxygen atoms in total. The van der Waals surface area contributed by atoms with Crippen LogP contribution >= 0.6 is 23.5 Å². The molecule has 0 spiro atoms. The molecule has 0 atom stereocenters. The fourth-order valence-corrected chi connectivity index (χ4v) is 10.1. The van der Waals surface area contributed by atoms with E-state index in [2.05, 4.69) is 142 Å². The first-order valence-corrected chi connectivity index (χ1v) is 25.2. The Morgan fingerprint density at radius 3 is 0.922 bits per heavy atom. The molecule has 0 unspecified atom stereocenters. The molecule has 10 bridgehead atoms. The Morgan fingerprint density at radius 1 is 0.422 bits per heavy atom. The number of thioether (sulfide) groups is 2. The molecule has 1 aliphatic carbocycles. The van der Waals surface area contributed by atoms with Crippen molar-refractivity contribution in [3.05, 3.63) is 115 Å². The third kappa shape index (κ3) is 12.3. The van der Waals surface area contributed by atoms with Crippen LogP contribution in [0.3, 0.4) is 0 Å². The average molecular weight is 909 g/mol. The van der Waals surface area contributed by atoms with Gasteiger partial charge in [-0.15, -0.1) is 0 Å². The number of ether oxygens (including phenoxy) is 2. The van der Waals surface area contributed by atoms with Gasteiger partial charge in [0, 0.05) is 61.8 Å². The molecule has 1 aliphatic heterocycles. The second-order valence-electron chi connectivity index (χ2n) is 21.7. The first-order valence-electron chi connectivity index (χ1n) is 22.9. The standard InChI is InChI=1S/C54H72N2O6S2/c1-51(2,3)41-23-33-19-37-27-43(53(7,8)9)29-39-21-35-25-42(52(4,5)6)26-36(48(35)60)22-40-30-44(54(10,11)12)28-38(20-34(24-41)47(33)59)50(40)62-32-46(58)56-14-16-64-18-17-63-15-13-55-45(57)31-61-49(37)39/h23-30,59-60H,13-22,31-32H2,1-12H3,(H,55,57)(H,56,58). The summed E-state index contributed by atoms with van der Waals surface area (Å²) in [6.45, 7) is 26.9. The highest BCUT2D eigenvalue weighted by molar-refractivity contribution is 8.02. The Balaban J connectivity index is 1.70. The van der Waals surface area contributed by atoms with Crippen LogP contribution in [-0.4, -0.2) is 71.3 Å². The van der Waals surface area contributed by atoms with Crippen molar-refractivity contribution in [1.29, 1.82) is 0 Å². The monoisotopic (exact) mass is 908 g/mol. The van der Waals surface area contributed by atoms with E-state index in [0.29, 0.717) is 50.3 Å². The minimum absolute atomic E-state index is 0.173. The second-order valence-corrected chi connectivity index (χ2v) is 24.2. The van der Waals surface area contributed by atoms with Crippen LogP contribution in [0.1, 0.15) is 150 Å². The zero-order valence-electron chi connectivity index (χ0n) is 40.4. The van der Waals surface area contributed by atoms with Crippen molar-refractivity contribution < 1.29 is 29.3 Å². The number of rotatable bonds is 0. The lowest BCUT2D eigenvalue weighted by atomic mass is 9.79. The molecule has 1 heterocycles. The summed E-state index contributed by atoms with van der Waals surface area (Å²) in [5.74, 6) is 4.57. The largest absolute Gasteiger partial charge is 0.507 e. The zero-order valence-corrected chi connectivity index (χ0v) is 42.1. The Kier molecular flexibility index (Phi) is 15.1. The summed E-state index contributed by atoms with van der Waals surface area (Å²) < 4.78 is 13.4. The maximum Gasteiger partial charge on any atom is 0.257 e. The number of phenols is 2. The van der Waals surface area contributed by atoms with Crippen LogP contribution in [-0.2, 0) is 56.9 Å². The van der Waals surface area contributed by atoms with Crippen LogP contribution in [0.2, 0.25) is 0 Å². The SMILES string of the molecule is CC(C)(C)c1cc2c(O)c(c1)Cc1cc(C(C)(C)C)cc3c1OCC(=O)NCCSCCSCCNC(=O)COc1c(cc(C(C)(C)C)cc1Cc1cc(C(C)(C)C)cc(c1O)C3)C2. The minimum atomic E-state index is -0.257. The smallest absolute Gasteiger partial charge is 0.257 e. The highest BCUT2D eigenvalue weighted by atomic mass is 32.2. The van der Waals surface area contributed by atoms with Crippen LogP contribution in [0.5, 0.6) is 23.0 Å². The van der Waals surface area contributed by atoms with Crippen molar-refractivity contribution in [3.8, 4) is 23.0 Å². The fourth-order valence-electron chi connectivity index (χ4n) is 8.24. The van der Waals surface area contributed by atoms with Crippen molar-refractivity contribution in [1.82, 2.24) is 10.6 Å². The topological polar surface area (TPSA) is 117 Å². The van der Waals surface area contributed by atoms with E-state index < -0.39 is 0 Å². The molecule has 4 aromatic carbocycles. The maximum absolute atomic E-state index is 13.5. The number of carbonyl (C=O) groups excluding carboxylic acids is 2. The third-order valence-corrected chi connectivity index (χ3v) is 14.4. The molecule has 10 heteroatoms. The summed E-state index contributed by atoms with van der Waals surface area (Å²) in [7, 11) is 0. The van der Waals surface area contributed by atoms with Crippen LogP contribution in [0.4, 0.5) is 0 Å². The minimum Gasteiger partial charge on any atom is -0.507 e. The predicted molar refractivity (Wildman–Crippen MR) is 267 cm³/mol. The van der Waals surface area contributed by atoms with Gasteiger partial charge in [0.25, 0.3) is 11.8 Å². The molecular formula is C54H72N2O6S2. The number of nitrogens with one attached hydrogen (secondary N) is 2. The van der Waals surface area contributed by atoms with Crippen molar-refractivity contribution in [2.75, 3.05) is 49.3 Å². The van der Waals surface area contributed by atoms with Crippen molar-refractivity contribution in [2.24, 2.45) is 0 Å². The molecule has 0 aromatic heterocycles. The van der Waals surface area contributed by atoms with Gasteiger partial charge in [0.05, 0.1) is 0 Å². The van der Waals surface area contributed by atoms with Gasteiger partial charge in [-0.2, -0.15) is 23.5 Å².